The van der Waals surface area contributed by atoms with Crippen LogP contribution in [0.15, 0.2) is 24.3 Å². The van der Waals surface area contributed by atoms with Crippen LogP contribution in [-0.2, 0) is 9.53 Å². The molecule has 0 saturated carbocycles. The summed E-state index contributed by atoms with van der Waals surface area (Å²) in [4.78, 5) is 25.3. The van der Waals surface area contributed by atoms with Crippen molar-refractivity contribution in [1.82, 2.24) is 0 Å². The number of Topliss-reactive ketones (excluding diaryl/α,β-unsaturated/α-hetero) is 1. The fraction of sp³-hybridized carbons (Fsp3) is 0.385. The lowest BCUT2D eigenvalue weighted by Crippen LogP contribution is -2.42. The van der Waals surface area contributed by atoms with E-state index in [9.17, 15) is 9.59 Å². The number of hydrogen-bond acceptors (Lipinski definition) is 3. The van der Waals surface area contributed by atoms with Gasteiger partial charge in [0.15, 0.2) is 5.78 Å². The van der Waals surface area contributed by atoms with Crippen molar-refractivity contribution < 1.29 is 14.3 Å². The van der Waals surface area contributed by atoms with Crippen LogP contribution in [0.3, 0.4) is 0 Å². The maximum absolute atomic E-state index is 12.0. The monoisotopic (exact) mass is 231 g/mol. The Morgan fingerprint density at radius 2 is 2.18 bits per heavy atom. The Morgan fingerprint density at radius 1 is 1.41 bits per heavy atom. The van der Waals surface area contributed by atoms with E-state index in [4.69, 9.17) is 4.74 Å². The van der Waals surface area contributed by atoms with Gasteiger partial charge >= 0.3 is 0 Å². The number of carbonyl (C=O) groups is 2. The number of para-hydroxylation sites is 1. The first kappa shape index (κ1) is 10.5. The van der Waals surface area contributed by atoms with Crippen molar-refractivity contribution in [3.8, 4) is 0 Å². The molecule has 2 unspecified atom stereocenters. The van der Waals surface area contributed by atoms with Crippen molar-refractivity contribution in [2.75, 3.05) is 11.5 Å². The van der Waals surface area contributed by atoms with Crippen molar-refractivity contribution in [3.63, 3.8) is 0 Å². The van der Waals surface area contributed by atoms with Crippen LogP contribution in [0.4, 0.5) is 5.69 Å². The standard InChI is InChI=1S/C13H13NO3/c1-8(15)10-4-2-3-5-11(10)14-9-6-12(13(14)16)17-7-9/h2-5,9,12H,6-7H2,1H3. The van der Waals surface area contributed by atoms with E-state index < -0.39 is 0 Å². The average molecular weight is 231 g/mol. The Labute approximate surface area is 99.2 Å². The van der Waals surface area contributed by atoms with Gasteiger partial charge in [0, 0.05) is 12.0 Å². The second-order valence-electron chi connectivity index (χ2n) is 4.49. The molecular weight excluding hydrogens is 218 g/mol. The molecule has 2 heterocycles. The van der Waals surface area contributed by atoms with Gasteiger partial charge in [-0.15, -0.1) is 0 Å². The number of amides is 1. The summed E-state index contributed by atoms with van der Waals surface area (Å²) < 4.78 is 5.34. The number of hydrogen-bond donors (Lipinski definition) is 0. The zero-order chi connectivity index (χ0) is 12.0. The Hall–Kier alpha value is -1.68. The average Bonchev–Trinajstić information content (AvgIpc) is 2.89. The Morgan fingerprint density at radius 3 is 2.82 bits per heavy atom. The molecule has 1 amide bonds. The van der Waals surface area contributed by atoms with Gasteiger partial charge in [0.1, 0.15) is 6.10 Å². The van der Waals surface area contributed by atoms with Crippen molar-refractivity contribution in [1.29, 1.82) is 0 Å². The molecule has 2 atom stereocenters. The lowest BCUT2D eigenvalue weighted by Gasteiger charge is -2.28. The Balaban J connectivity index is 2.05. The first-order valence-electron chi connectivity index (χ1n) is 5.73. The van der Waals surface area contributed by atoms with Gasteiger partial charge in [-0.1, -0.05) is 12.1 Å². The molecule has 17 heavy (non-hydrogen) atoms. The second-order valence-corrected chi connectivity index (χ2v) is 4.49. The topological polar surface area (TPSA) is 46.6 Å². The zero-order valence-corrected chi connectivity index (χ0v) is 9.55. The molecule has 2 aliphatic heterocycles. The molecule has 1 aromatic rings. The van der Waals surface area contributed by atoms with Crippen LogP contribution in [0.2, 0.25) is 0 Å². The third kappa shape index (κ3) is 1.48. The number of fused-ring (bicyclic) bond motifs is 2. The van der Waals surface area contributed by atoms with E-state index >= 15 is 0 Å². The quantitative estimate of drug-likeness (QED) is 0.723. The molecule has 2 fully saturated rings. The van der Waals surface area contributed by atoms with Gasteiger partial charge < -0.3 is 9.64 Å². The van der Waals surface area contributed by atoms with Gasteiger partial charge in [-0.2, -0.15) is 0 Å². The lowest BCUT2D eigenvalue weighted by molar-refractivity contribution is -0.128. The molecule has 2 saturated heterocycles. The molecule has 0 N–H and O–H groups in total. The van der Waals surface area contributed by atoms with E-state index in [-0.39, 0.29) is 23.8 Å². The highest BCUT2D eigenvalue weighted by molar-refractivity contribution is 6.07. The van der Waals surface area contributed by atoms with E-state index in [2.05, 4.69) is 0 Å². The summed E-state index contributed by atoms with van der Waals surface area (Å²) >= 11 is 0. The molecule has 88 valence electrons. The number of ketones is 1. The highest BCUT2D eigenvalue weighted by atomic mass is 16.5. The molecule has 4 nitrogen and oxygen atoms in total. The summed E-state index contributed by atoms with van der Waals surface area (Å²) in [5.74, 6) is -0.0351. The van der Waals surface area contributed by atoms with E-state index in [0.29, 0.717) is 12.2 Å². The summed E-state index contributed by atoms with van der Waals surface area (Å²) in [6.45, 7) is 2.09. The predicted molar refractivity (Wildman–Crippen MR) is 62.1 cm³/mol. The van der Waals surface area contributed by atoms with Crippen molar-refractivity contribution in [2.45, 2.75) is 25.5 Å². The Bertz CT molecular complexity index is 497. The maximum atomic E-state index is 12.0. The van der Waals surface area contributed by atoms with Crippen molar-refractivity contribution in [3.05, 3.63) is 29.8 Å². The summed E-state index contributed by atoms with van der Waals surface area (Å²) in [6.07, 6.45) is 0.436. The third-order valence-corrected chi connectivity index (χ3v) is 3.40. The van der Waals surface area contributed by atoms with Crippen LogP contribution in [0.1, 0.15) is 23.7 Å². The molecule has 4 heteroatoms. The van der Waals surface area contributed by atoms with E-state index in [1.54, 1.807) is 11.0 Å². The van der Waals surface area contributed by atoms with Gasteiger partial charge in [0.2, 0.25) is 0 Å². The fourth-order valence-electron chi connectivity index (χ4n) is 2.59. The van der Waals surface area contributed by atoms with Gasteiger partial charge in [-0.3, -0.25) is 9.59 Å². The van der Waals surface area contributed by atoms with Gasteiger partial charge in [-0.25, -0.2) is 0 Å². The fourth-order valence-corrected chi connectivity index (χ4v) is 2.59. The van der Waals surface area contributed by atoms with E-state index in [0.717, 1.165) is 12.1 Å². The van der Waals surface area contributed by atoms with Crippen LogP contribution in [0.5, 0.6) is 0 Å². The number of rotatable bonds is 2. The normalized spacial score (nSPS) is 26.6. The lowest BCUT2D eigenvalue weighted by atomic mass is 10.1. The third-order valence-electron chi connectivity index (χ3n) is 3.40. The second kappa shape index (κ2) is 3.67. The molecule has 1 aromatic carbocycles. The highest BCUT2D eigenvalue weighted by Crippen LogP contribution is 2.35. The number of morpholine rings is 1. The molecular formula is C13H13NO3. The summed E-state index contributed by atoms with van der Waals surface area (Å²) in [5.41, 5.74) is 1.33. The summed E-state index contributed by atoms with van der Waals surface area (Å²) in [7, 11) is 0. The highest BCUT2D eigenvalue weighted by Gasteiger charge is 2.47. The number of anilines is 1. The van der Waals surface area contributed by atoms with E-state index in [1.165, 1.54) is 6.92 Å². The molecule has 2 bridgehead atoms. The van der Waals surface area contributed by atoms with Gasteiger partial charge in [-0.05, 0) is 19.1 Å². The van der Waals surface area contributed by atoms with Crippen molar-refractivity contribution >= 4 is 17.4 Å². The minimum Gasteiger partial charge on any atom is -0.366 e. The van der Waals surface area contributed by atoms with E-state index in [1.807, 2.05) is 18.2 Å². The zero-order valence-electron chi connectivity index (χ0n) is 9.55. The first-order chi connectivity index (χ1) is 8.18. The molecule has 0 spiro atoms. The molecule has 0 aromatic heterocycles. The van der Waals surface area contributed by atoms with Gasteiger partial charge in [0.25, 0.3) is 5.91 Å². The molecule has 0 radical (unpaired) electrons. The van der Waals surface area contributed by atoms with Crippen LogP contribution in [0.25, 0.3) is 0 Å². The summed E-state index contributed by atoms with van der Waals surface area (Å²) in [6, 6.07) is 7.35. The van der Waals surface area contributed by atoms with Crippen molar-refractivity contribution in [2.24, 2.45) is 0 Å². The molecule has 2 aliphatic rings. The van der Waals surface area contributed by atoms with Gasteiger partial charge in [0.05, 0.1) is 18.3 Å². The number of ether oxygens (including phenoxy) is 1. The van der Waals surface area contributed by atoms with Crippen LogP contribution in [0, 0.1) is 0 Å². The first-order valence-corrected chi connectivity index (χ1v) is 5.73. The maximum Gasteiger partial charge on any atom is 0.256 e. The smallest absolute Gasteiger partial charge is 0.256 e. The van der Waals surface area contributed by atoms with Crippen LogP contribution in [-0.4, -0.2) is 30.4 Å². The number of nitrogens with zero attached hydrogens (tertiary/aromatic N) is 1. The Kier molecular flexibility index (Phi) is 2.26. The molecule has 3 rings (SSSR count). The largest absolute Gasteiger partial charge is 0.366 e. The predicted octanol–water partition coefficient (Wildman–Crippen LogP) is 1.39. The van der Waals surface area contributed by atoms with Crippen LogP contribution >= 0.6 is 0 Å². The number of carbonyl (C=O) groups excluding carboxylic acids is 2. The summed E-state index contributed by atoms with van der Waals surface area (Å²) in [5, 5.41) is 0. The molecule has 0 aliphatic carbocycles. The minimum absolute atomic E-state index is 0.0166. The minimum atomic E-state index is -0.306. The SMILES string of the molecule is CC(=O)c1ccccc1N1C(=O)C2CC1CO2. The van der Waals surface area contributed by atoms with Crippen LogP contribution < -0.4 is 4.90 Å². The number of benzene rings is 1.